The molecule has 70 valence electrons. The van der Waals surface area contributed by atoms with Crippen molar-refractivity contribution in [1.29, 1.82) is 0 Å². The van der Waals surface area contributed by atoms with Gasteiger partial charge < -0.3 is 9.47 Å². The topological polar surface area (TPSA) is 48.4 Å². The maximum atomic E-state index is 10.7. The first-order chi connectivity index (χ1) is 6.24. The second kappa shape index (κ2) is 4.67. The Hall–Kier alpha value is -1.29. The van der Waals surface area contributed by atoms with E-state index >= 15 is 0 Å². The van der Waals surface area contributed by atoms with Crippen LogP contribution < -0.4 is 4.74 Å². The fraction of sp³-hybridized carbons (Fsp3) is 0.250. The molecule has 0 aliphatic rings. The lowest BCUT2D eigenvalue weighted by Crippen LogP contribution is -2.13. The van der Waals surface area contributed by atoms with E-state index in [4.69, 9.17) is 16.3 Å². The molecule has 5 heteroatoms. The summed E-state index contributed by atoms with van der Waals surface area (Å²) in [6, 6.07) is 3.30. The summed E-state index contributed by atoms with van der Waals surface area (Å²) in [6.07, 6.45) is 1.53. The van der Waals surface area contributed by atoms with E-state index in [0.29, 0.717) is 5.02 Å². The average molecular weight is 202 g/mol. The number of aromatic nitrogens is 1. The van der Waals surface area contributed by atoms with Gasteiger partial charge >= 0.3 is 5.97 Å². The molecule has 0 N–H and O–H groups in total. The summed E-state index contributed by atoms with van der Waals surface area (Å²) in [6.45, 7) is -0.187. The number of nitrogens with zero attached hydrogens (tertiary/aromatic N) is 1. The second-order valence-electron chi connectivity index (χ2n) is 2.16. The van der Waals surface area contributed by atoms with Crippen LogP contribution in [0.4, 0.5) is 0 Å². The molecule has 0 amide bonds. The summed E-state index contributed by atoms with van der Waals surface area (Å²) in [7, 11) is 1.28. The van der Waals surface area contributed by atoms with Gasteiger partial charge in [0.2, 0.25) is 5.88 Å². The Morgan fingerprint density at radius 1 is 1.69 bits per heavy atom. The number of carbonyl (C=O) groups excluding carboxylic acids is 1. The zero-order chi connectivity index (χ0) is 9.68. The lowest BCUT2D eigenvalue weighted by Gasteiger charge is -2.03. The molecule has 13 heavy (non-hydrogen) atoms. The van der Waals surface area contributed by atoms with Gasteiger partial charge in [-0.1, -0.05) is 11.6 Å². The van der Waals surface area contributed by atoms with Crippen LogP contribution in [0.5, 0.6) is 5.88 Å². The Bertz CT molecular complexity index is 303. The predicted molar refractivity (Wildman–Crippen MR) is 46.8 cm³/mol. The molecule has 1 rings (SSSR count). The van der Waals surface area contributed by atoms with Crippen molar-refractivity contribution < 1.29 is 14.3 Å². The summed E-state index contributed by atoms with van der Waals surface area (Å²) >= 11 is 5.71. The van der Waals surface area contributed by atoms with Crippen LogP contribution in [0.15, 0.2) is 18.3 Å². The van der Waals surface area contributed by atoms with Crippen molar-refractivity contribution in [3.8, 4) is 5.88 Å². The Morgan fingerprint density at radius 2 is 2.46 bits per heavy atom. The molecule has 0 radical (unpaired) electrons. The molecule has 4 nitrogen and oxygen atoms in total. The van der Waals surface area contributed by atoms with E-state index in [1.165, 1.54) is 13.3 Å². The second-order valence-corrected chi connectivity index (χ2v) is 2.56. The fourth-order valence-corrected chi connectivity index (χ4v) is 0.840. The quantitative estimate of drug-likeness (QED) is 0.692. The SMILES string of the molecule is COC(=O)COc1ncccc1Cl. The number of halogens is 1. The molecule has 0 saturated carbocycles. The largest absolute Gasteiger partial charge is 0.466 e. The first kappa shape index (κ1) is 9.80. The van der Waals surface area contributed by atoms with Gasteiger partial charge in [-0.2, -0.15) is 0 Å². The van der Waals surface area contributed by atoms with E-state index in [1.54, 1.807) is 12.1 Å². The maximum absolute atomic E-state index is 10.7. The van der Waals surface area contributed by atoms with Gasteiger partial charge in [0.25, 0.3) is 0 Å². The van der Waals surface area contributed by atoms with Crippen LogP contribution in [0.3, 0.4) is 0 Å². The first-order valence-electron chi connectivity index (χ1n) is 3.54. The summed E-state index contributed by atoms with van der Waals surface area (Å²) < 4.78 is 9.35. The molecule has 0 spiro atoms. The summed E-state index contributed by atoms with van der Waals surface area (Å²) in [5.41, 5.74) is 0. The molecule has 0 bridgehead atoms. The normalized spacial score (nSPS) is 9.38. The van der Waals surface area contributed by atoms with Crippen LogP contribution in [0.2, 0.25) is 5.02 Å². The molecule has 0 saturated heterocycles. The predicted octanol–water partition coefficient (Wildman–Crippen LogP) is 1.29. The molecule has 0 unspecified atom stereocenters. The third-order valence-electron chi connectivity index (χ3n) is 1.28. The van der Waals surface area contributed by atoms with E-state index in [-0.39, 0.29) is 12.5 Å². The molecule has 1 aromatic heterocycles. The van der Waals surface area contributed by atoms with Gasteiger partial charge in [-0.05, 0) is 12.1 Å². The van der Waals surface area contributed by atoms with Crippen molar-refractivity contribution in [3.63, 3.8) is 0 Å². The minimum absolute atomic E-state index is 0.187. The van der Waals surface area contributed by atoms with Crippen molar-refractivity contribution in [3.05, 3.63) is 23.4 Å². The van der Waals surface area contributed by atoms with Crippen LogP contribution in [0.25, 0.3) is 0 Å². The van der Waals surface area contributed by atoms with Gasteiger partial charge in [-0.15, -0.1) is 0 Å². The lowest BCUT2D eigenvalue weighted by atomic mass is 10.5. The first-order valence-corrected chi connectivity index (χ1v) is 3.92. The van der Waals surface area contributed by atoms with E-state index in [2.05, 4.69) is 9.72 Å². The van der Waals surface area contributed by atoms with Crippen LogP contribution in [-0.2, 0) is 9.53 Å². The zero-order valence-corrected chi connectivity index (χ0v) is 7.75. The minimum Gasteiger partial charge on any atom is -0.466 e. The highest BCUT2D eigenvalue weighted by atomic mass is 35.5. The molecule has 1 heterocycles. The van der Waals surface area contributed by atoms with E-state index in [0.717, 1.165) is 0 Å². The van der Waals surface area contributed by atoms with Crippen molar-refractivity contribution in [2.75, 3.05) is 13.7 Å². The number of hydrogen-bond donors (Lipinski definition) is 0. The Morgan fingerprint density at radius 3 is 3.08 bits per heavy atom. The Labute approximate surface area is 80.4 Å². The van der Waals surface area contributed by atoms with Crippen molar-refractivity contribution in [2.45, 2.75) is 0 Å². The van der Waals surface area contributed by atoms with Gasteiger partial charge in [0.05, 0.1) is 7.11 Å². The molecule has 0 atom stereocenters. The van der Waals surface area contributed by atoms with Gasteiger partial charge in [0.1, 0.15) is 5.02 Å². The molecule has 1 aromatic rings. The number of rotatable bonds is 3. The summed E-state index contributed by atoms with van der Waals surface area (Å²) in [5, 5.41) is 0.367. The number of ether oxygens (including phenoxy) is 2. The van der Waals surface area contributed by atoms with E-state index < -0.39 is 5.97 Å². The van der Waals surface area contributed by atoms with Crippen LogP contribution in [0.1, 0.15) is 0 Å². The van der Waals surface area contributed by atoms with Crippen LogP contribution in [-0.4, -0.2) is 24.7 Å². The summed E-state index contributed by atoms with van der Waals surface area (Å²) in [5.74, 6) is -0.240. The minimum atomic E-state index is -0.471. The highest BCUT2D eigenvalue weighted by Crippen LogP contribution is 2.19. The monoisotopic (exact) mass is 201 g/mol. The highest BCUT2D eigenvalue weighted by molar-refractivity contribution is 6.31. The molecule has 0 aliphatic carbocycles. The van der Waals surface area contributed by atoms with E-state index in [9.17, 15) is 4.79 Å². The average Bonchev–Trinajstić information content (AvgIpc) is 2.16. The third-order valence-corrected chi connectivity index (χ3v) is 1.57. The van der Waals surface area contributed by atoms with Crippen molar-refractivity contribution in [1.82, 2.24) is 4.98 Å². The van der Waals surface area contributed by atoms with Crippen LogP contribution in [0, 0.1) is 0 Å². The van der Waals surface area contributed by atoms with Crippen molar-refractivity contribution in [2.24, 2.45) is 0 Å². The molecule has 0 aliphatic heterocycles. The summed E-state index contributed by atoms with van der Waals surface area (Å²) in [4.78, 5) is 14.5. The maximum Gasteiger partial charge on any atom is 0.343 e. The van der Waals surface area contributed by atoms with Crippen molar-refractivity contribution >= 4 is 17.6 Å². The Balaban J connectivity index is 2.54. The van der Waals surface area contributed by atoms with Gasteiger partial charge in [0, 0.05) is 6.20 Å². The molecule has 0 aromatic carbocycles. The number of hydrogen-bond acceptors (Lipinski definition) is 4. The fourth-order valence-electron chi connectivity index (χ4n) is 0.664. The number of pyridine rings is 1. The molecular weight excluding hydrogens is 194 g/mol. The van der Waals surface area contributed by atoms with Gasteiger partial charge in [-0.3, -0.25) is 0 Å². The van der Waals surface area contributed by atoms with Crippen LogP contribution >= 0.6 is 11.6 Å². The molecule has 0 fully saturated rings. The van der Waals surface area contributed by atoms with Gasteiger partial charge in [0.15, 0.2) is 6.61 Å². The standard InChI is InChI=1S/C8H8ClNO3/c1-12-7(11)5-13-8-6(9)3-2-4-10-8/h2-4H,5H2,1H3. The number of carbonyl (C=O) groups is 1. The lowest BCUT2D eigenvalue weighted by molar-refractivity contribution is -0.143. The smallest absolute Gasteiger partial charge is 0.343 e. The number of methoxy groups -OCH3 is 1. The van der Waals surface area contributed by atoms with E-state index in [1.807, 2.05) is 0 Å². The third kappa shape index (κ3) is 2.91. The Kier molecular flexibility index (Phi) is 3.52. The number of esters is 1. The highest BCUT2D eigenvalue weighted by Gasteiger charge is 2.05. The zero-order valence-electron chi connectivity index (χ0n) is 6.99. The molecular formula is C8H8ClNO3. The van der Waals surface area contributed by atoms with Gasteiger partial charge in [-0.25, -0.2) is 9.78 Å².